The normalized spacial score (nSPS) is 18.1. The van der Waals surface area contributed by atoms with Crippen molar-refractivity contribution >= 4 is 41.1 Å². The monoisotopic (exact) mass is 514 g/mol. The maximum atomic E-state index is 13.3. The molecule has 0 saturated carbocycles. The fourth-order valence-corrected chi connectivity index (χ4v) is 5.08. The van der Waals surface area contributed by atoms with Crippen molar-refractivity contribution in [1.29, 1.82) is 0 Å². The Morgan fingerprint density at radius 1 is 1.28 bits per heavy atom. The molecule has 3 atom stereocenters. The van der Waals surface area contributed by atoms with Gasteiger partial charge in [-0.3, -0.25) is 24.7 Å². The highest BCUT2D eigenvalue weighted by Crippen LogP contribution is 2.43. The molecule has 11 heteroatoms. The zero-order valence-corrected chi connectivity index (χ0v) is 20.9. The zero-order valence-electron chi connectivity index (χ0n) is 20.0. The number of hydrogen-bond acceptors (Lipinski definition) is 10. The molecule has 0 spiro atoms. The van der Waals surface area contributed by atoms with Crippen LogP contribution in [-0.4, -0.2) is 42.8 Å². The van der Waals surface area contributed by atoms with Crippen LogP contribution in [0.3, 0.4) is 0 Å². The predicted octanol–water partition coefficient (Wildman–Crippen LogP) is 4.52. The van der Waals surface area contributed by atoms with Crippen LogP contribution in [0.4, 0.5) is 5.69 Å². The Labute approximate surface area is 211 Å². The first-order valence-electron chi connectivity index (χ1n) is 11.2. The number of nitrogens with zero attached hydrogens (tertiary/aromatic N) is 2. The van der Waals surface area contributed by atoms with Gasteiger partial charge in [0, 0.05) is 28.6 Å². The molecule has 10 nitrogen and oxygen atoms in total. The fourth-order valence-electron chi connectivity index (χ4n) is 4.29. The lowest BCUT2D eigenvalue weighted by atomic mass is 9.75. The molecule has 1 aromatic heterocycles. The summed E-state index contributed by atoms with van der Waals surface area (Å²) in [7, 11) is 1.23. The Hall–Kier alpha value is -3.86. The largest absolute Gasteiger partial charge is 0.468 e. The number of benzene rings is 1. The molecule has 1 aromatic carbocycles. The lowest BCUT2D eigenvalue weighted by Crippen LogP contribution is -2.36. The number of ether oxygens (including phenoxy) is 3. The Kier molecular flexibility index (Phi) is 9.07. The van der Waals surface area contributed by atoms with Gasteiger partial charge < -0.3 is 14.2 Å². The number of esters is 2. The molecule has 0 aliphatic carbocycles. The van der Waals surface area contributed by atoms with Crippen molar-refractivity contribution in [3.8, 4) is 0 Å². The number of carbonyl (C=O) groups is 3. The van der Waals surface area contributed by atoms with Gasteiger partial charge in [-0.25, -0.2) is 4.79 Å². The number of thiophene rings is 1. The van der Waals surface area contributed by atoms with E-state index in [4.69, 9.17) is 14.2 Å². The van der Waals surface area contributed by atoms with E-state index in [9.17, 15) is 24.5 Å². The summed E-state index contributed by atoms with van der Waals surface area (Å²) in [6.07, 6.45) is -0.0106. The number of allylic oxidation sites excluding steroid dienone is 1. The highest BCUT2D eigenvalue weighted by Gasteiger charge is 2.43. The van der Waals surface area contributed by atoms with Crippen molar-refractivity contribution < 1.29 is 33.5 Å². The van der Waals surface area contributed by atoms with Crippen molar-refractivity contribution in [2.75, 3.05) is 13.7 Å². The lowest BCUT2D eigenvalue weighted by Gasteiger charge is -2.32. The quantitative estimate of drug-likeness (QED) is 0.140. The minimum atomic E-state index is -0.987. The average Bonchev–Trinajstić information content (AvgIpc) is 3.40. The van der Waals surface area contributed by atoms with Crippen LogP contribution in [0.5, 0.6) is 0 Å². The summed E-state index contributed by atoms with van der Waals surface area (Å²) in [5.74, 6) is -3.22. The number of aliphatic imine (C=N–C) groups is 1. The van der Waals surface area contributed by atoms with E-state index >= 15 is 0 Å². The molecule has 2 heterocycles. The van der Waals surface area contributed by atoms with Crippen LogP contribution in [0.25, 0.3) is 0 Å². The third kappa shape index (κ3) is 5.85. The SMILES string of the molecule is CCOC(=O)C1=C(CCC(OC=O)c2cccs2)N=C(C)C(C(=O)OC)C1c1cccc([N+](=O)[O-])c1. The minimum Gasteiger partial charge on any atom is -0.468 e. The van der Waals surface area contributed by atoms with E-state index < -0.39 is 34.8 Å². The second kappa shape index (κ2) is 12.2. The molecule has 0 bridgehead atoms. The van der Waals surface area contributed by atoms with Crippen LogP contribution >= 0.6 is 11.3 Å². The van der Waals surface area contributed by atoms with Gasteiger partial charge in [0.1, 0.15) is 12.0 Å². The van der Waals surface area contributed by atoms with E-state index in [0.29, 0.717) is 29.9 Å². The smallest absolute Gasteiger partial charge is 0.336 e. The number of carbonyl (C=O) groups excluding carboxylic acids is 3. The Morgan fingerprint density at radius 2 is 2.06 bits per heavy atom. The van der Waals surface area contributed by atoms with Crippen molar-refractivity contribution in [2.24, 2.45) is 10.9 Å². The molecule has 190 valence electrons. The summed E-state index contributed by atoms with van der Waals surface area (Å²) in [4.78, 5) is 53.5. The second-order valence-corrected chi connectivity index (χ2v) is 8.92. The molecule has 2 aromatic rings. The number of hydrogen-bond donors (Lipinski definition) is 0. The van der Waals surface area contributed by atoms with E-state index in [1.54, 1.807) is 19.9 Å². The average molecular weight is 515 g/mol. The molecule has 1 aliphatic heterocycles. The van der Waals surface area contributed by atoms with Crippen molar-refractivity contribution in [1.82, 2.24) is 0 Å². The summed E-state index contributed by atoms with van der Waals surface area (Å²) in [6, 6.07) is 9.46. The number of rotatable bonds is 11. The molecular formula is C25H26N2O8S. The van der Waals surface area contributed by atoms with Gasteiger partial charge in [-0.2, -0.15) is 0 Å². The zero-order chi connectivity index (χ0) is 26.2. The fraction of sp³-hybridized carbons (Fsp3) is 0.360. The Bertz CT molecular complexity index is 1190. The molecule has 0 N–H and O–H groups in total. The second-order valence-electron chi connectivity index (χ2n) is 7.94. The van der Waals surface area contributed by atoms with Crippen molar-refractivity contribution in [2.45, 2.75) is 38.7 Å². The highest BCUT2D eigenvalue weighted by molar-refractivity contribution is 7.10. The van der Waals surface area contributed by atoms with E-state index in [-0.39, 0.29) is 24.3 Å². The van der Waals surface area contributed by atoms with Crippen LogP contribution in [0.2, 0.25) is 0 Å². The third-order valence-corrected chi connectivity index (χ3v) is 6.80. The van der Waals surface area contributed by atoms with Crippen LogP contribution in [0.15, 0.2) is 58.0 Å². The van der Waals surface area contributed by atoms with Gasteiger partial charge in [-0.1, -0.05) is 18.2 Å². The number of methoxy groups -OCH3 is 1. The molecule has 0 amide bonds. The standard InChI is InChI=1S/C25H26N2O8S/c1-4-34-25(30)23-18(10-11-19(35-14-28)20-9-6-12-36-20)26-15(2)21(24(29)33-3)22(23)16-7-5-8-17(13-16)27(31)32/h5-9,12-14,19,21-22H,4,10-11H2,1-3H3. The molecule has 36 heavy (non-hydrogen) atoms. The molecule has 0 radical (unpaired) electrons. The topological polar surface area (TPSA) is 134 Å². The third-order valence-electron chi connectivity index (χ3n) is 5.83. The van der Waals surface area contributed by atoms with Gasteiger partial charge in [0.2, 0.25) is 0 Å². The summed E-state index contributed by atoms with van der Waals surface area (Å²) in [6.45, 7) is 3.75. The molecule has 0 saturated heterocycles. The van der Waals surface area contributed by atoms with Crippen LogP contribution in [0, 0.1) is 16.0 Å². The van der Waals surface area contributed by atoms with Crippen LogP contribution in [-0.2, 0) is 28.6 Å². The van der Waals surface area contributed by atoms with E-state index in [1.807, 2.05) is 17.5 Å². The number of non-ortho nitro benzene ring substituents is 1. The first-order valence-corrected chi connectivity index (χ1v) is 12.1. The molecular weight excluding hydrogens is 488 g/mol. The lowest BCUT2D eigenvalue weighted by molar-refractivity contribution is -0.384. The Balaban J connectivity index is 2.14. The first-order chi connectivity index (χ1) is 17.3. The van der Waals surface area contributed by atoms with Gasteiger partial charge in [-0.05, 0) is 43.7 Å². The van der Waals surface area contributed by atoms with E-state index in [0.717, 1.165) is 4.88 Å². The summed E-state index contributed by atoms with van der Waals surface area (Å²) >= 11 is 1.43. The van der Waals surface area contributed by atoms with Gasteiger partial charge >= 0.3 is 11.9 Å². The number of nitro groups is 1. The highest BCUT2D eigenvalue weighted by atomic mass is 32.1. The van der Waals surface area contributed by atoms with Gasteiger partial charge in [0.15, 0.2) is 0 Å². The summed E-state index contributed by atoms with van der Waals surface area (Å²) in [5, 5.41) is 13.3. The van der Waals surface area contributed by atoms with Gasteiger partial charge in [0.25, 0.3) is 12.2 Å². The number of nitro benzene ring substituents is 1. The summed E-state index contributed by atoms with van der Waals surface area (Å²) in [5.41, 5.74) is 1.07. The molecule has 3 rings (SSSR count). The van der Waals surface area contributed by atoms with Crippen LogP contribution < -0.4 is 0 Å². The van der Waals surface area contributed by atoms with E-state index in [1.165, 1.54) is 36.6 Å². The maximum Gasteiger partial charge on any atom is 0.336 e. The molecule has 0 fully saturated rings. The van der Waals surface area contributed by atoms with Gasteiger partial charge in [0.05, 0.1) is 29.9 Å². The van der Waals surface area contributed by atoms with Gasteiger partial charge in [-0.15, -0.1) is 11.3 Å². The predicted molar refractivity (Wildman–Crippen MR) is 132 cm³/mol. The summed E-state index contributed by atoms with van der Waals surface area (Å²) < 4.78 is 15.6. The van der Waals surface area contributed by atoms with Crippen molar-refractivity contribution in [3.05, 3.63) is 73.6 Å². The van der Waals surface area contributed by atoms with Crippen LogP contribution in [0.1, 0.15) is 49.2 Å². The maximum absolute atomic E-state index is 13.3. The molecule has 1 aliphatic rings. The minimum absolute atomic E-state index is 0.0783. The van der Waals surface area contributed by atoms with E-state index in [2.05, 4.69) is 4.99 Å². The molecule has 3 unspecified atom stereocenters. The first kappa shape index (κ1) is 26.7. The van der Waals surface area contributed by atoms with Crippen molar-refractivity contribution in [3.63, 3.8) is 0 Å². The Morgan fingerprint density at radius 3 is 2.67 bits per heavy atom.